The Balaban J connectivity index is 3.20. The Morgan fingerprint density at radius 3 is 2.53 bits per heavy atom. The lowest BCUT2D eigenvalue weighted by Gasteiger charge is -2.05. The first kappa shape index (κ1) is 11.0. The third-order valence-electron chi connectivity index (χ3n) is 1.83. The summed E-state index contributed by atoms with van der Waals surface area (Å²) in [6.07, 6.45) is 0.961. The van der Waals surface area contributed by atoms with E-state index in [0.29, 0.717) is 0 Å². The van der Waals surface area contributed by atoms with Crippen LogP contribution in [0.3, 0.4) is 0 Å². The van der Waals surface area contributed by atoms with Crippen molar-refractivity contribution in [3.63, 3.8) is 0 Å². The summed E-state index contributed by atoms with van der Waals surface area (Å²) in [6.45, 7) is 4.52. The fourth-order valence-electron chi connectivity index (χ4n) is 1.13. The summed E-state index contributed by atoms with van der Waals surface area (Å²) in [6, 6.07) is 4.30. The van der Waals surface area contributed by atoms with Crippen molar-refractivity contribution in [3.8, 4) is 5.75 Å². The molecule has 15 heavy (non-hydrogen) atoms. The third-order valence-corrected chi connectivity index (χ3v) is 1.83. The maximum atomic E-state index is 11.3. The van der Waals surface area contributed by atoms with Gasteiger partial charge in [-0.1, -0.05) is 12.6 Å². The van der Waals surface area contributed by atoms with E-state index in [0.717, 1.165) is 6.26 Å². The summed E-state index contributed by atoms with van der Waals surface area (Å²) in [5.41, 5.74) is 0.0381. The van der Waals surface area contributed by atoms with Gasteiger partial charge < -0.3 is 9.84 Å². The zero-order valence-electron chi connectivity index (χ0n) is 8.19. The minimum atomic E-state index is -0.745. The third kappa shape index (κ3) is 2.22. The Hall–Kier alpha value is -2.10. The molecule has 1 rings (SSSR count). The van der Waals surface area contributed by atoms with Crippen molar-refractivity contribution in [1.82, 2.24) is 0 Å². The number of Topliss-reactive ketones (excluding diaryl/α,β-unsaturated/α-hetero) is 1. The molecule has 78 valence electrons. The van der Waals surface area contributed by atoms with E-state index in [1.807, 2.05) is 0 Å². The number of ketones is 1. The molecule has 0 aliphatic heterocycles. The van der Waals surface area contributed by atoms with Gasteiger partial charge in [0.1, 0.15) is 11.3 Å². The number of esters is 1. The molecule has 1 aromatic rings. The summed E-state index contributed by atoms with van der Waals surface area (Å²) in [4.78, 5) is 22.3. The predicted molar refractivity (Wildman–Crippen MR) is 53.7 cm³/mol. The van der Waals surface area contributed by atoms with E-state index in [1.165, 1.54) is 25.1 Å². The Kier molecular flexibility index (Phi) is 3.23. The van der Waals surface area contributed by atoms with Gasteiger partial charge in [0.25, 0.3) is 0 Å². The summed E-state index contributed by atoms with van der Waals surface area (Å²) in [7, 11) is 0. The van der Waals surface area contributed by atoms with Crippen molar-refractivity contribution in [3.05, 3.63) is 42.2 Å². The number of carbonyl (C=O) groups excluding carboxylic acids is 2. The van der Waals surface area contributed by atoms with Gasteiger partial charge in [-0.2, -0.15) is 0 Å². The highest BCUT2D eigenvalue weighted by molar-refractivity contribution is 6.02. The van der Waals surface area contributed by atoms with Crippen LogP contribution in [0.1, 0.15) is 27.6 Å². The van der Waals surface area contributed by atoms with Gasteiger partial charge in [0.15, 0.2) is 5.78 Å². The van der Waals surface area contributed by atoms with Gasteiger partial charge in [-0.25, -0.2) is 4.79 Å². The fourth-order valence-corrected chi connectivity index (χ4v) is 1.13. The number of para-hydroxylation sites is 1. The zero-order valence-corrected chi connectivity index (χ0v) is 8.19. The maximum absolute atomic E-state index is 11.3. The van der Waals surface area contributed by atoms with E-state index in [-0.39, 0.29) is 22.7 Å². The van der Waals surface area contributed by atoms with Gasteiger partial charge >= 0.3 is 5.97 Å². The maximum Gasteiger partial charge on any atom is 0.346 e. The summed E-state index contributed by atoms with van der Waals surface area (Å²) < 4.78 is 4.50. The second-order valence-corrected chi connectivity index (χ2v) is 2.83. The topological polar surface area (TPSA) is 63.6 Å². The molecule has 0 spiro atoms. The molecular weight excluding hydrogens is 196 g/mol. The van der Waals surface area contributed by atoms with Crippen LogP contribution in [0.4, 0.5) is 0 Å². The molecular formula is C11H10O4. The van der Waals surface area contributed by atoms with Crippen LogP contribution in [0.2, 0.25) is 0 Å². The number of aromatic hydroxyl groups is 1. The van der Waals surface area contributed by atoms with Crippen LogP contribution in [-0.4, -0.2) is 16.9 Å². The molecule has 0 radical (unpaired) electrons. The number of benzene rings is 1. The lowest BCUT2D eigenvalue weighted by Crippen LogP contribution is -2.03. The second kappa shape index (κ2) is 4.41. The van der Waals surface area contributed by atoms with E-state index >= 15 is 0 Å². The van der Waals surface area contributed by atoms with Crippen LogP contribution >= 0.6 is 0 Å². The number of hydrogen-bond donors (Lipinski definition) is 1. The van der Waals surface area contributed by atoms with Gasteiger partial charge in [-0.05, 0) is 19.1 Å². The van der Waals surface area contributed by atoms with Crippen molar-refractivity contribution in [1.29, 1.82) is 0 Å². The minimum Gasteiger partial charge on any atom is -0.506 e. The molecule has 1 aromatic carbocycles. The van der Waals surface area contributed by atoms with Crippen molar-refractivity contribution >= 4 is 11.8 Å². The van der Waals surface area contributed by atoms with Gasteiger partial charge in [-0.3, -0.25) is 4.79 Å². The van der Waals surface area contributed by atoms with Crippen molar-refractivity contribution in [2.75, 3.05) is 0 Å². The summed E-state index contributed by atoms with van der Waals surface area (Å²) >= 11 is 0. The standard InChI is InChI=1S/C11H10O4/c1-3-15-11(14)9-6-4-5-8(7(2)12)10(9)13/h3-6,13H,1H2,2H3. The molecule has 0 aliphatic carbocycles. The molecule has 0 saturated heterocycles. The SMILES string of the molecule is C=COC(=O)c1cccc(C(C)=O)c1O. The van der Waals surface area contributed by atoms with Gasteiger partial charge in [0.05, 0.1) is 11.8 Å². The van der Waals surface area contributed by atoms with E-state index in [4.69, 9.17) is 0 Å². The van der Waals surface area contributed by atoms with Crippen molar-refractivity contribution in [2.45, 2.75) is 6.92 Å². The number of ether oxygens (including phenoxy) is 1. The van der Waals surface area contributed by atoms with Gasteiger partial charge in [0.2, 0.25) is 0 Å². The molecule has 0 aromatic heterocycles. The molecule has 0 fully saturated rings. The Morgan fingerprint density at radius 1 is 1.40 bits per heavy atom. The normalized spacial score (nSPS) is 9.40. The summed E-state index contributed by atoms with van der Waals surface area (Å²) in [5.74, 6) is -1.43. The lowest BCUT2D eigenvalue weighted by molar-refractivity contribution is 0.0661. The average Bonchev–Trinajstić information content (AvgIpc) is 2.17. The molecule has 4 heteroatoms. The summed E-state index contributed by atoms with van der Waals surface area (Å²) in [5, 5.41) is 9.60. The monoisotopic (exact) mass is 206 g/mol. The largest absolute Gasteiger partial charge is 0.506 e. The Morgan fingerprint density at radius 2 is 2.00 bits per heavy atom. The molecule has 4 nitrogen and oxygen atoms in total. The number of carbonyl (C=O) groups is 2. The van der Waals surface area contributed by atoms with Crippen LogP contribution < -0.4 is 0 Å². The first-order valence-electron chi connectivity index (χ1n) is 4.22. The van der Waals surface area contributed by atoms with E-state index in [9.17, 15) is 14.7 Å². The molecule has 0 atom stereocenters. The van der Waals surface area contributed by atoms with E-state index < -0.39 is 5.97 Å². The lowest BCUT2D eigenvalue weighted by atomic mass is 10.1. The minimum absolute atomic E-state index is 0.0531. The van der Waals surface area contributed by atoms with E-state index in [1.54, 1.807) is 0 Å². The van der Waals surface area contributed by atoms with Crippen LogP contribution in [0.15, 0.2) is 31.0 Å². The number of phenolic OH excluding ortho intramolecular Hbond substituents is 1. The first-order valence-corrected chi connectivity index (χ1v) is 4.22. The first-order chi connectivity index (χ1) is 7.07. The smallest absolute Gasteiger partial charge is 0.346 e. The van der Waals surface area contributed by atoms with Gasteiger partial charge in [0, 0.05) is 0 Å². The number of phenols is 1. The van der Waals surface area contributed by atoms with Crippen LogP contribution in [0, 0.1) is 0 Å². The van der Waals surface area contributed by atoms with Gasteiger partial charge in [-0.15, -0.1) is 0 Å². The molecule has 0 amide bonds. The highest BCUT2D eigenvalue weighted by Gasteiger charge is 2.16. The highest BCUT2D eigenvalue weighted by Crippen LogP contribution is 2.23. The number of rotatable bonds is 3. The average molecular weight is 206 g/mol. The molecule has 0 saturated carbocycles. The Labute approximate surface area is 86.8 Å². The fraction of sp³-hybridized carbons (Fsp3) is 0.0909. The van der Waals surface area contributed by atoms with Crippen LogP contribution in [0.5, 0.6) is 5.75 Å². The molecule has 1 N–H and O–H groups in total. The molecule has 0 aliphatic rings. The molecule has 0 heterocycles. The van der Waals surface area contributed by atoms with Crippen molar-refractivity contribution < 1.29 is 19.4 Å². The second-order valence-electron chi connectivity index (χ2n) is 2.83. The predicted octanol–water partition coefficient (Wildman–Crippen LogP) is 1.90. The number of hydrogen-bond acceptors (Lipinski definition) is 4. The quantitative estimate of drug-likeness (QED) is 0.466. The molecule has 0 unspecified atom stereocenters. The van der Waals surface area contributed by atoms with Crippen LogP contribution in [0.25, 0.3) is 0 Å². The van der Waals surface area contributed by atoms with Crippen LogP contribution in [-0.2, 0) is 4.74 Å². The molecule has 0 bridgehead atoms. The Bertz CT molecular complexity index is 421. The highest BCUT2D eigenvalue weighted by atomic mass is 16.5. The zero-order chi connectivity index (χ0) is 11.4. The van der Waals surface area contributed by atoms with E-state index in [2.05, 4.69) is 11.3 Å². The van der Waals surface area contributed by atoms with Crippen molar-refractivity contribution in [2.24, 2.45) is 0 Å².